The average molecular weight is 642 g/mol. The van der Waals surface area contributed by atoms with E-state index in [9.17, 15) is 0 Å². The molecular weight excluding hydrogens is 598 g/mol. The summed E-state index contributed by atoms with van der Waals surface area (Å²) in [6.07, 6.45) is 12.1. The highest BCUT2D eigenvalue weighted by Crippen LogP contribution is 2.39. The molecule has 2 aliphatic carbocycles. The van der Waals surface area contributed by atoms with Crippen molar-refractivity contribution >= 4 is 46.6 Å². The summed E-state index contributed by atoms with van der Waals surface area (Å²) in [5, 5.41) is 7.21. The summed E-state index contributed by atoms with van der Waals surface area (Å²) in [5.74, 6) is 4.39. The Labute approximate surface area is 275 Å². The number of allylic oxidation sites excluding steroid dienone is 2. The molecule has 2 fully saturated rings. The van der Waals surface area contributed by atoms with Crippen LogP contribution in [-0.4, -0.2) is 69.6 Å². The van der Waals surface area contributed by atoms with Crippen molar-refractivity contribution in [2.24, 2.45) is 5.92 Å². The summed E-state index contributed by atoms with van der Waals surface area (Å²) in [4.78, 5) is 16.1. The van der Waals surface area contributed by atoms with Crippen LogP contribution < -0.4 is 29.9 Å². The number of anilines is 6. The Balaban J connectivity index is 1.18. The first-order valence-electron chi connectivity index (χ1n) is 16.3. The lowest BCUT2D eigenvalue weighted by atomic mass is 9.94. The Morgan fingerprint density at radius 1 is 0.978 bits per heavy atom. The van der Waals surface area contributed by atoms with Gasteiger partial charge in [-0.25, -0.2) is 0 Å². The third-order valence-electron chi connectivity index (χ3n) is 9.15. The number of nitrogens with zero attached hydrogens (tertiary/aromatic N) is 4. The van der Waals surface area contributed by atoms with Crippen molar-refractivity contribution in [1.82, 2.24) is 14.7 Å². The SMILES string of the molecule is COC1=CCC(CN2CCc3c(Nc4ccccc4SNC4CCC4)nc(Nc4ccc(N5CCOCC5)cc4OC)nc32)C=C1. The fourth-order valence-electron chi connectivity index (χ4n) is 6.25. The Kier molecular flexibility index (Phi) is 9.50. The van der Waals surface area contributed by atoms with Crippen molar-refractivity contribution in [1.29, 1.82) is 0 Å². The van der Waals surface area contributed by atoms with Crippen molar-refractivity contribution in [3.8, 4) is 5.75 Å². The van der Waals surface area contributed by atoms with Gasteiger partial charge in [-0.3, -0.25) is 4.72 Å². The van der Waals surface area contributed by atoms with Gasteiger partial charge in [0.2, 0.25) is 5.95 Å². The van der Waals surface area contributed by atoms with Crippen LogP contribution in [0.25, 0.3) is 0 Å². The molecule has 10 nitrogen and oxygen atoms in total. The summed E-state index contributed by atoms with van der Waals surface area (Å²) >= 11 is 1.70. The van der Waals surface area contributed by atoms with Crippen molar-refractivity contribution in [2.45, 2.75) is 43.0 Å². The van der Waals surface area contributed by atoms with E-state index < -0.39 is 0 Å². The maximum atomic E-state index is 5.85. The number of nitrogens with one attached hydrogen (secondary N) is 3. The van der Waals surface area contributed by atoms with Gasteiger partial charge in [0.1, 0.15) is 23.1 Å². The lowest BCUT2D eigenvalue weighted by Crippen LogP contribution is -2.36. The van der Waals surface area contributed by atoms with Crippen LogP contribution in [0.15, 0.2) is 71.3 Å². The molecule has 242 valence electrons. The molecule has 4 aliphatic rings. The number of fused-ring (bicyclic) bond motifs is 1. The van der Waals surface area contributed by atoms with Crippen LogP contribution in [0.2, 0.25) is 0 Å². The zero-order valence-electron chi connectivity index (χ0n) is 26.6. The molecule has 7 rings (SSSR count). The largest absolute Gasteiger partial charge is 0.497 e. The first-order chi connectivity index (χ1) is 22.7. The van der Waals surface area contributed by atoms with E-state index in [4.69, 9.17) is 24.2 Å². The third-order valence-corrected chi connectivity index (χ3v) is 10.2. The number of rotatable bonds is 12. The Hall–Kier alpha value is -3.93. The summed E-state index contributed by atoms with van der Waals surface area (Å²) < 4.78 is 20.5. The number of morpholine rings is 1. The molecule has 3 heterocycles. The molecular formula is C35H43N7O3S. The normalized spacial score (nSPS) is 19.3. The second kappa shape index (κ2) is 14.2. The van der Waals surface area contributed by atoms with Crippen LogP contribution in [0.5, 0.6) is 5.75 Å². The quantitative estimate of drug-likeness (QED) is 0.191. The second-order valence-electron chi connectivity index (χ2n) is 12.1. The van der Waals surface area contributed by atoms with Crippen LogP contribution in [0.4, 0.5) is 34.6 Å². The number of hydrogen-bond acceptors (Lipinski definition) is 11. The minimum atomic E-state index is 0.384. The third kappa shape index (κ3) is 6.91. The van der Waals surface area contributed by atoms with Gasteiger partial charge in [-0.2, -0.15) is 9.97 Å². The molecule has 1 unspecified atom stereocenters. The smallest absolute Gasteiger partial charge is 0.231 e. The number of aromatic nitrogens is 2. The summed E-state index contributed by atoms with van der Waals surface area (Å²) in [5.41, 5.74) is 4.11. The predicted octanol–water partition coefficient (Wildman–Crippen LogP) is 6.43. The van der Waals surface area contributed by atoms with Gasteiger partial charge in [-0.15, -0.1) is 0 Å². The topological polar surface area (TPSA) is 96.0 Å². The van der Waals surface area contributed by atoms with Gasteiger partial charge in [0, 0.05) is 54.4 Å². The fourth-order valence-corrected chi connectivity index (χ4v) is 7.15. The summed E-state index contributed by atoms with van der Waals surface area (Å²) in [6.45, 7) is 4.96. The standard InChI is InChI=1S/C35H43N7O3S/c1-43-27-13-10-24(11-14-27)23-42-17-16-28-33(36-30-8-3-4-9-32(30)46-40-25-6-5-7-25)38-35(39-34(28)42)37-29-15-12-26(22-31(29)44-2)41-18-20-45-21-19-41/h3-4,8-10,12-15,22,24-25,40H,5-7,11,16-21,23H2,1-2H3,(H2,36,37,38,39). The predicted molar refractivity (Wildman–Crippen MR) is 186 cm³/mol. The van der Waals surface area contributed by atoms with Crippen LogP contribution in [0.3, 0.4) is 0 Å². The molecule has 2 aromatic carbocycles. The molecule has 2 aliphatic heterocycles. The van der Waals surface area contributed by atoms with Crippen molar-refractivity contribution < 1.29 is 14.2 Å². The molecule has 1 saturated heterocycles. The van der Waals surface area contributed by atoms with Gasteiger partial charge in [-0.1, -0.05) is 24.6 Å². The van der Waals surface area contributed by atoms with E-state index >= 15 is 0 Å². The molecule has 1 aromatic heterocycles. The zero-order chi connectivity index (χ0) is 31.3. The molecule has 1 atom stereocenters. The minimum absolute atomic E-state index is 0.384. The number of hydrogen-bond donors (Lipinski definition) is 3. The average Bonchev–Trinajstić information content (AvgIpc) is 3.48. The zero-order valence-corrected chi connectivity index (χ0v) is 27.4. The first-order valence-corrected chi connectivity index (χ1v) is 17.1. The van der Waals surface area contributed by atoms with Gasteiger partial charge >= 0.3 is 0 Å². The van der Waals surface area contributed by atoms with Gasteiger partial charge in [0.05, 0.1) is 38.8 Å². The maximum absolute atomic E-state index is 5.85. The van der Waals surface area contributed by atoms with Crippen LogP contribution in [0, 0.1) is 5.92 Å². The van der Waals surface area contributed by atoms with Gasteiger partial charge in [0.25, 0.3) is 0 Å². The van der Waals surface area contributed by atoms with E-state index in [2.05, 4.69) is 85.8 Å². The lowest BCUT2D eigenvalue weighted by Gasteiger charge is -2.29. The van der Waals surface area contributed by atoms with E-state index in [1.165, 1.54) is 19.3 Å². The molecule has 1 saturated carbocycles. The maximum Gasteiger partial charge on any atom is 0.231 e. The molecule has 11 heteroatoms. The second-order valence-corrected chi connectivity index (χ2v) is 13.0. The van der Waals surface area contributed by atoms with Gasteiger partial charge in [0.15, 0.2) is 0 Å². The van der Waals surface area contributed by atoms with Crippen molar-refractivity contribution in [2.75, 3.05) is 74.0 Å². The highest BCUT2D eigenvalue weighted by Gasteiger charge is 2.28. The highest BCUT2D eigenvalue weighted by molar-refractivity contribution is 7.97. The van der Waals surface area contributed by atoms with E-state index in [1.807, 2.05) is 0 Å². The number of methoxy groups -OCH3 is 2. The Morgan fingerprint density at radius 3 is 2.61 bits per heavy atom. The lowest BCUT2D eigenvalue weighted by molar-refractivity contribution is 0.122. The molecule has 0 bridgehead atoms. The molecule has 46 heavy (non-hydrogen) atoms. The molecule has 3 aromatic rings. The minimum Gasteiger partial charge on any atom is -0.497 e. The van der Waals surface area contributed by atoms with E-state index in [0.29, 0.717) is 17.9 Å². The Morgan fingerprint density at radius 2 is 1.85 bits per heavy atom. The van der Waals surface area contributed by atoms with Gasteiger partial charge in [-0.05, 0) is 80.0 Å². The summed E-state index contributed by atoms with van der Waals surface area (Å²) in [7, 11) is 3.42. The molecule has 3 N–H and O–H groups in total. The molecule has 0 spiro atoms. The van der Waals surface area contributed by atoms with Crippen LogP contribution >= 0.6 is 11.9 Å². The summed E-state index contributed by atoms with van der Waals surface area (Å²) in [6, 6.07) is 15.3. The monoisotopic (exact) mass is 641 g/mol. The number of para-hydroxylation sites is 1. The van der Waals surface area contributed by atoms with Crippen LogP contribution in [-0.2, 0) is 15.9 Å². The molecule has 0 amide bonds. The number of ether oxygens (including phenoxy) is 3. The van der Waals surface area contributed by atoms with E-state index in [0.717, 1.165) is 103 Å². The first kappa shape index (κ1) is 30.7. The van der Waals surface area contributed by atoms with Gasteiger partial charge < -0.3 is 34.6 Å². The number of benzene rings is 2. The van der Waals surface area contributed by atoms with E-state index in [1.54, 1.807) is 26.2 Å². The van der Waals surface area contributed by atoms with Crippen LogP contribution in [0.1, 0.15) is 31.2 Å². The fraction of sp³-hybridized carbons (Fsp3) is 0.429. The van der Waals surface area contributed by atoms with Crippen molar-refractivity contribution in [3.05, 3.63) is 72.0 Å². The Bertz CT molecular complexity index is 1590. The molecule has 0 radical (unpaired) electrons. The highest BCUT2D eigenvalue weighted by atomic mass is 32.2. The van der Waals surface area contributed by atoms with E-state index in [-0.39, 0.29) is 0 Å². The van der Waals surface area contributed by atoms with Crippen molar-refractivity contribution in [3.63, 3.8) is 0 Å².